The lowest BCUT2D eigenvalue weighted by Gasteiger charge is -2.37. The highest BCUT2D eigenvalue weighted by Crippen LogP contribution is 2.31. The van der Waals surface area contributed by atoms with Gasteiger partial charge < -0.3 is 37.9 Å². The molecule has 5 heteroatoms. The van der Waals surface area contributed by atoms with Gasteiger partial charge in [0.1, 0.15) is 19.3 Å². The Labute approximate surface area is 144 Å². The number of likely N-dealkylation sites (N-methyl/N-ethyl adjacent to an activating group) is 1. The Hall–Kier alpha value is -0.820. The highest BCUT2D eigenvalue weighted by molar-refractivity contribution is 5.99. The van der Waals surface area contributed by atoms with Crippen molar-refractivity contribution in [2.75, 3.05) is 33.4 Å². The van der Waals surface area contributed by atoms with Crippen LogP contribution < -0.4 is 33.5 Å². The van der Waals surface area contributed by atoms with Crippen molar-refractivity contribution in [3.63, 3.8) is 0 Å². The Balaban J connectivity index is 0.00000220. The Bertz CT molecular complexity index is 500. The third-order valence-electron chi connectivity index (χ3n) is 4.59. The first kappa shape index (κ1) is 18.2. The highest BCUT2D eigenvalue weighted by Gasteiger charge is 2.32. The third kappa shape index (κ3) is 3.69. The monoisotopic (exact) mass is 405 g/mol. The predicted octanol–water partition coefficient (Wildman–Crippen LogP) is -0.481. The molecule has 0 spiro atoms. The molecule has 0 radical (unpaired) electrons. The number of hydrogen-bond donors (Lipinski definition) is 0. The zero-order valence-electron chi connectivity index (χ0n) is 13.2. The normalized spacial score (nSPS) is 15.0. The summed E-state index contributed by atoms with van der Waals surface area (Å²) in [6.45, 7) is 9.23. The second kappa shape index (κ2) is 7.45. The minimum absolute atomic E-state index is 0. The van der Waals surface area contributed by atoms with Gasteiger partial charge in [0.25, 0.3) is 0 Å². The van der Waals surface area contributed by atoms with E-state index in [1.165, 1.54) is 0 Å². The van der Waals surface area contributed by atoms with Crippen LogP contribution >= 0.6 is 0 Å². The molecule has 1 heterocycles. The fourth-order valence-electron chi connectivity index (χ4n) is 2.49. The molecule has 0 bridgehead atoms. The topological polar surface area (TPSA) is 35.5 Å². The summed E-state index contributed by atoms with van der Waals surface area (Å²) >= 11 is 0. The van der Waals surface area contributed by atoms with Crippen molar-refractivity contribution in [3.8, 4) is 11.5 Å². The van der Waals surface area contributed by atoms with Crippen molar-refractivity contribution >= 4 is 5.78 Å². The quantitative estimate of drug-likeness (QED) is 0.377. The number of halogens is 1. The molecule has 1 aliphatic heterocycles. The number of ketones is 1. The van der Waals surface area contributed by atoms with Gasteiger partial charge in [-0.2, -0.15) is 0 Å². The van der Waals surface area contributed by atoms with Crippen LogP contribution in [0.1, 0.15) is 31.1 Å². The van der Waals surface area contributed by atoms with Crippen molar-refractivity contribution in [3.05, 3.63) is 23.8 Å². The molecule has 0 saturated carbocycles. The van der Waals surface area contributed by atoms with Crippen LogP contribution in [-0.4, -0.2) is 49.7 Å². The first-order valence-corrected chi connectivity index (χ1v) is 7.30. The van der Waals surface area contributed by atoms with E-state index in [0.717, 1.165) is 23.3 Å². The Morgan fingerprint density at radius 1 is 1.19 bits per heavy atom. The lowest BCUT2D eigenvalue weighted by atomic mass is 10.0. The summed E-state index contributed by atoms with van der Waals surface area (Å²) in [4.78, 5) is 12.7. The number of benzene rings is 1. The van der Waals surface area contributed by atoms with Crippen LogP contribution in [0.2, 0.25) is 0 Å². The molecule has 1 aliphatic rings. The van der Waals surface area contributed by atoms with Crippen molar-refractivity contribution in [2.45, 2.75) is 26.8 Å². The maximum absolute atomic E-state index is 12.7. The van der Waals surface area contributed by atoms with Crippen molar-refractivity contribution in [2.24, 2.45) is 0 Å². The SMILES string of the molecule is CC[N+](C)(CC)C(C)C(=O)c1ccc2c(c1)OCCO2.[I-]. The summed E-state index contributed by atoms with van der Waals surface area (Å²) in [5.41, 5.74) is 0.702. The van der Waals surface area contributed by atoms with E-state index in [1.54, 1.807) is 0 Å². The van der Waals surface area contributed by atoms with Gasteiger partial charge in [0.05, 0.1) is 20.1 Å². The number of Topliss-reactive ketones (excluding diaryl/α,β-unsaturated/α-hetero) is 1. The average molecular weight is 405 g/mol. The van der Waals surface area contributed by atoms with Gasteiger partial charge in [-0.3, -0.25) is 4.79 Å². The largest absolute Gasteiger partial charge is 1.00 e. The van der Waals surface area contributed by atoms with Gasteiger partial charge in [-0.25, -0.2) is 0 Å². The van der Waals surface area contributed by atoms with Crippen LogP contribution in [0.3, 0.4) is 0 Å². The van der Waals surface area contributed by atoms with E-state index in [-0.39, 0.29) is 35.8 Å². The second-order valence-electron chi connectivity index (χ2n) is 5.51. The molecular weight excluding hydrogens is 381 g/mol. The fourth-order valence-corrected chi connectivity index (χ4v) is 2.49. The van der Waals surface area contributed by atoms with E-state index in [2.05, 4.69) is 20.9 Å². The van der Waals surface area contributed by atoms with Gasteiger partial charge in [-0.15, -0.1) is 0 Å². The van der Waals surface area contributed by atoms with Gasteiger partial charge in [-0.05, 0) is 39.0 Å². The molecule has 0 amide bonds. The molecule has 21 heavy (non-hydrogen) atoms. The minimum Gasteiger partial charge on any atom is -1.00 e. The Morgan fingerprint density at radius 3 is 2.33 bits per heavy atom. The molecule has 0 aromatic heterocycles. The summed E-state index contributed by atoms with van der Waals surface area (Å²) in [5, 5.41) is 0. The van der Waals surface area contributed by atoms with Gasteiger partial charge in [-0.1, -0.05) is 0 Å². The van der Waals surface area contributed by atoms with Gasteiger partial charge in [0, 0.05) is 5.56 Å². The molecule has 1 aromatic rings. The lowest BCUT2D eigenvalue weighted by molar-refractivity contribution is -0.918. The van der Waals surface area contributed by atoms with Crippen LogP contribution in [0, 0.1) is 0 Å². The summed E-state index contributed by atoms with van der Waals surface area (Å²) in [5.74, 6) is 1.56. The highest BCUT2D eigenvalue weighted by atomic mass is 127. The lowest BCUT2D eigenvalue weighted by Crippen LogP contribution is -3.00. The van der Waals surface area contributed by atoms with Gasteiger partial charge in [0.15, 0.2) is 11.5 Å². The van der Waals surface area contributed by atoms with E-state index in [1.807, 2.05) is 25.1 Å². The number of quaternary nitrogens is 1. The molecule has 118 valence electrons. The van der Waals surface area contributed by atoms with Crippen LogP contribution in [0.4, 0.5) is 0 Å². The molecule has 1 unspecified atom stereocenters. The standard InChI is InChI=1S/C16H24NO3.HI/c1-5-17(4,6-2)12(3)16(18)13-7-8-14-15(11-13)20-10-9-19-14;/h7-8,11-12H,5-6,9-10H2,1-4H3;1H/q+1;/p-1. The number of carbonyl (C=O) groups is 1. The minimum atomic E-state index is -0.0624. The van der Waals surface area contributed by atoms with Crippen molar-refractivity contribution < 1.29 is 42.7 Å². The zero-order chi connectivity index (χ0) is 14.8. The zero-order valence-corrected chi connectivity index (χ0v) is 15.3. The van der Waals surface area contributed by atoms with Crippen LogP contribution in [0.25, 0.3) is 0 Å². The fraction of sp³-hybridized carbons (Fsp3) is 0.562. The molecule has 1 aromatic carbocycles. The van der Waals surface area contributed by atoms with Gasteiger partial charge >= 0.3 is 0 Å². The third-order valence-corrected chi connectivity index (χ3v) is 4.59. The molecule has 4 nitrogen and oxygen atoms in total. The number of carbonyl (C=O) groups excluding carboxylic acids is 1. The summed E-state index contributed by atoms with van der Waals surface area (Å²) in [6, 6.07) is 5.41. The summed E-state index contributed by atoms with van der Waals surface area (Å²) in [6.07, 6.45) is 0. The predicted molar refractivity (Wildman–Crippen MR) is 78.5 cm³/mol. The molecule has 2 rings (SSSR count). The average Bonchev–Trinajstić information content (AvgIpc) is 2.52. The second-order valence-corrected chi connectivity index (χ2v) is 5.51. The van der Waals surface area contributed by atoms with E-state index >= 15 is 0 Å². The van der Waals surface area contributed by atoms with Crippen molar-refractivity contribution in [1.29, 1.82) is 0 Å². The first-order valence-electron chi connectivity index (χ1n) is 7.30. The van der Waals surface area contributed by atoms with Crippen molar-refractivity contribution in [1.82, 2.24) is 0 Å². The molecule has 0 saturated heterocycles. The molecule has 0 fully saturated rings. The summed E-state index contributed by atoms with van der Waals surface area (Å²) < 4.78 is 11.8. The Kier molecular flexibility index (Phi) is 6.46. The first-order chi connectivity index (χ1) is 9.51. The number of nitrogens with zero attached hydrogens (tertiary/aromatic N) is 1. The molecular formula is C16H24INO3. The van der Waals surface area contributed by atoms with E-state index < -0.39 is 0 Å². The summed E-state index contributed by atoms with van der Waals surface area (Å²) in [7, 11) is 2.13. The van der Waals surface area contributed by atoms with Crippen LogP contribution in [0.5, 0.6) is 11.5 Å². The number of ether oxygens (including phenoxy) is 2. The smallest absolute Gasteiger partial charge is 0.219 e. The maximum Gasteiger partial charge on any atom is 0.219 e. The van der Waals surface area contributed by atoms with Crippen LogP contribution in [0.15, 0.2) is 18.2 Å². The Morgan fingerprint density at radius 2 is 1.76 bits per heavy atom. The van der Waals surface area contributed by atoms with E-state index in [4.69, 9.17) is 9.47 Å². The molecule has 0 aliphatic carbocycles. The van der Waals surface area contributed by atoms with E-state index in [0.29, 0.717) is 24.5 Å². The van der Waals surface area contributed by atoms with E-state index in [9.17, 15) is 4.79 Å². The van der Waals surface area contributed by atoms with Crippen LogP contribution in [-0.2, 0) is 0 Å². The number of fused-ring (bicyclic) bond motifs is 1. The van der Waals surface area contributed by atoms with Gasteiger partial charge in [0.2, 0.25) is 5.78 Å². The number of hydrogen-bond acceptors (Lipinski definition) is 3. The number of rotatable bonds is 5. The molecule has 1 atom stereocenters. The maximum atomic E-state index is 12.7. The molecule has 0 N–H and O–H groups in total.